The van der Waals surface area contributed by atoms with Crippen molar-refractivity contribution in [1.29, 1.82) is 0 Å². The van der Waals surface area contributed by atoms with Gasteiger partial charge in [0.15, 0.2) is 11.5 Å². The van der Waals surface area contributed by atoms with Crippen LogP contribution in [0.2, 0.25) is 0 Å². The molecule has 0 saturated heterocycles. The predicted molar refractivity (Wildman–Crippen MR) is 113 cm³/mol. The molecule has 8 heteroatoms. The number of rotatable bonds is 5. The first-order valence-electron chi connectivity index (χ1n) is 9.30. The van der Waals surface area contributed by atoms with Gasteiger partial charge in [0.1, 0.15) is 6.61 Å². The van der Waals surface area contributed by atoms with E-state index in [4.69, 9.17) is 9.47 Å². The van der Waals surface area contributed by atoms with E-state index < -0.39 is 16.1 Å². The van der Waals surface area contributed by atoms with Gasteiger partial charge in [-0.05, 0) is 61.0 Å². The molecule has 1 amide bonds. The van der Waals surface area contributed by atoms with Crippen molar-refractivity contribution in [3.63, 3.8) is 0 Å². The van der Waals surface area contributed by atoms with Gasteiger partial charge in [0.05, 0.1) is 4.90 Å². The van der Waals surface area contributed by atoms with Gasteiger partial charge in [0, 0.05) is 11.4 Å². The molecule has 0 bridgehead atoms. The summed E-state index contributed by atoms with van der Waals surface area (Å²) in [6.45, 7) is 1.98. The standard InChI is InChI=1S/C22H20N2O5S/c1-15-5-4-6-17(13-15)24-30(26,27)18-11-9-16(10-12-18)23-22(25)21-14-28-19-7-2-3-8-20(19)29-21/h2-13,21,24H,14H2,1H3,(H,23,25). The summed E-state index contributed by atoms with van der Waals surface area (Å²) in [5.74, 6) is 0.725. The van der Waals surface area contributed by atoms with Crippen LogP contribution in [-0.4, -0.2) is 27.0 Å². The van der Waals surface area contributed by atoms with Crippen molar-refractivity contribution in [2.24, 2.45) is 0 Å². The minimum atomic E-state index is -3.74. The van der Waals surface area contributed by atoms with E-state index in [0.717, 1.165) is 5.56 Å². The number of hydrogen-bond acceptors (Lipinski definition) is 5. The molecule has 3 aromatic rings. The lowest BCUT2D eigenvalue weighted by molar-refractivity contribution is -0.125. The normalized spacial score (nSPS) is 15.3. The number of anilines is 2. The lowest BCUT2D eigenvalue weighted by Crippen LogP contribution is -2.40. The number of nitrogens with one attached hydrogen (secondary N) is 2. The third-order valence-corrected chi connectivity index (χ3v) is 5.90. The van der Waals surface area contributed by atoms with Gasteiger partial charge >= 0.3 is 0 Å². The second-order valence-corrected chi connectivity index (χ2v) is 8.54. The topological polar surface area (TPSA) is 93.7 Å². The van der Waals surface area contributed by atoms with Crippen LogP contribution in [0.25, 0.3) is 0 Å². The average Bonchev–Trinajstić information content (AvgIpc) is 2.73. The summed E-state index contributed by atoms with van der Waals surface area (Å²) in [5, 5.41) is 2.72. The summed E-state index contributed by atoms with van der Waals surface area (Å²) in [5.41, 5.74) is 1.89. The first-order chi connectivity index (χ1) is 14.4. The van der Waals surface area contributed by atoms with E-state index in [2.05, 4.69) is 10.0 Å². The molecule has 1 aliphatic rings. The maximum Gasteiger partial charge on any atom is 0.269 e. The minimum Gasteiger partial charge on any atom is -0.485 e. The van der Waals surface area contributed by atoms with Crippen LogP contribution >= 0.6 is 0 Å². The zero-order valence-electron chi connectivity index (χ0n) is 16.2. The molecular formula is C22H20N2O5S. The Morgan fingerprint density at radius 2 is 1.67 bits per heavy atom. The van der Waals surface area contributed by atoms with Crippen LogP contribution in [0, 0.1) is 6.92 Å². The van der Waals surface area contributed by atoms with Gasteiger partial charge in [-0.25, -0.2) is 8.42 Å². The highest BCUT2D eigenvalue weighted by Crippen LogP contribution is 2.31. The molecule has 154 valence electrons. The van der Waals surface area contributed by atoms with Crippen molar-refractivity contribution in [1.82, 2.24) is 0 Å². The fourth-order valence-corrected chi connectivity index (χ4v) is 4.06. The largest absolute Gasteiger partial charge is 0.485 e. The van der Waals surface area contributed by atoms with Gasteiger partial charge in [-0.2, -0.15) is 0 Å². The molecule has 2 N–H and O–H groups in total. The highest BCUT2D eigenvalue weighted by Gasteiger charge is 2.27. The smallest absolute Gasteiger partial charge is 0.269 e. The Hall–Kier alpha value is -3.52. The molecule has 1 unspecified atom stereocenters. The van der Waals surface area contributed by atoms with Crippen molar-refractivity contribution in [3.8, 4) is 11.5 Å². The lowest BCUT2D eigenvalue weighted by Gasteiger charge is -2.25. The maximum atomic E-state index is 12.6. The summed E-state index contributed by atoms with van der Waals surface area (Å²) in [6, 6.07) is 20.1. The highest BCUT2D eigenvalue weighted by molar-refractivity contribution is 7.92. The number of carbonyl (C=O) groups is 1. The quantitative estimate of drug-likeness (QED) is 0.653. The zero-order valence-corrected chi connectivity index (χ0v) is 17.0. The van der Waals surface area contributed by atoms with Crippen LogP contribution in [0.1, 0.15) is 5.56 Å². The number of fused-ring (bicyclic) bond motifs is 1. The molecule has 0 aromatic heterocycles. The molecule has 0 spiro atoms. The van der Waals surface area contributed by atoms with E-state index >= 15 is 0 Å². The Balaban J connectivity index is 1.42. The Kier molecular flexibility index (Phi) is 5.33. The number of para-hydroxylation sites is 2. The average molecular weight is 424 g/mol. The summed E-state index contributed by atoms with van der Waals surface area (Å²) in [4.78, 5) is 12.6. The molecule has 1 aliphatic heterocycles. The Bertz CT molecular complexity index is 1180. The van der Waals surface area contributed by atoms with Crippen LogP contribution in [-0.2, 0) is 14.8 Å². The maximum absolute atomic E-state index is 12.6. The van der Waals surface area contributed by atoms with Gasteiger partial charge in [0.2, 0.25) is 6.10 Å². The van der Waals surface area contributed by atoms with Crippen molar-refractivity contribution in [2.45, 2.75) is 17.9 Å². The number of sulfonamides is 1. The van der Waals surface area contributed by atoms with Gasteiger partial charge < -0.3 is 14.8 Å². The zero-order chi connectivity index (χ0) is 21.1. The molecule has 3 aromatic carbocycles. The van der Waals surface area contributed by atoms with Crippen molar-refractivity contribution >= 4 is 27.3 Å². The number of carbonyl (C=O) groups excluding carboxylic acids is 1. The van der Waals surface area contributed by atoms with E-state index in [-0.39, 0.29) is 17.4 Å². The van der Waals surface area contributed by atoms with Crippen molar-refractivity contribution in [3.05, 3.63) is 78.4 Å². The lowest BCUT2D eigenvalue weighted by atomic mass is 10.2. The fourth-order valence-electron chi connectivity index (χ4n) is 3.01. The molecule has 0 saturated carbocycles. The first kappa shape index (κ1) is 19.8. The van der Waals surface area contributed by atoms with Gasteiger partial charge in [0.25, 0.3) is 15.9 Å². The minimum absolute atomic E-state index is 0.0909. The summed E-state index contributed by atoms with van der Waals surface area (Å²) in [6.07, 6.45) is -0.800. The van der Waals surface area contributed by atoms with Crippen LogP contribution in [0.15, 0.2) is 77.7 Å². The predicted octanol–water partition coefficient (Wildman–Crippen LogP) is 3.57. The highest BCUT2D eigenvalue weighted by atomic mass is 32.2. The van der Waals surface area contributed by atoms with Crippen LogP contribution in [0.5, 0.6) is 11.5 Å². The Morgan fingerprint density at radius 1 is 0.933 bits per heavy atom. The molecule has 1 atom stereocenters. The molecule has 0 aliphatic carbocycles. The van der Waals surface area contributed by atoms with E-state index in [1.807, 2.05) is 19.1 Å². The van der Waals surface area contributed by atoms with Gasteiger partial charge in [-0.1, -0.05) is 24.3 Å². The second-order valence-electron chi connectivity index (χ2n) is 6.85. The van der Waals surface area contributed by atoms with E-state index in [9.17, 15) is 13.2 Å². The molecular weight excluding hydrogens is 404 g/mol. The molecule has 30 heavy (non-hydrogen) atoms. The van der Waals surface area contributed by atoms with E-state index in [0.29, 0.717) is 22.9 Å². The Morgan fingerprint density at radius 3 is 2.40 bits per heavy atom. The van der Waals surface area contributed by atoms with Crippen LogP contribution < -0.4 is 19.5 Å². The Labute approximate surface area is 174 Å². The molecule has 0 radical (unpaired) electrons. The molecule has 0 fully saturated rings. The molecule has 4 rings (SSSR count). The monoisotopic (exact) mass is 424 g/mol. The second kappa shape index (κ2) is 8.08. The first-order valence-corrected chi connectivity index (χ1v) is 10.8. The van der Waals surface area contributed by atoms with Crippen molar-refractivity contribution in [2.75, 3.05) is 16.6 Å². The number of benzene rings is 3. The summed E-state index contributed by atoms with van der Waals surface area (Å²) >= 11 is 0. The number of ether oxygens (including phenoxy) is 2. The number of aryl methyl sites for hydroxylation is 1. The number of amides is 1. The molecule has 7 nitrogen and oxygen atoms in total. The van der Waals surface area contributed by atoms with E-state index in [1.165, 1.54) is 24.3 Å². The summed E-state index contributed by atoms with van der Waals surface area (Å²) in [7, 11) is -3.74. The third kappa shape index (κ3) is 4.38. The SMILES string of the molecule is Cc1cccc(NS(=O)(=O)c2ccc(NC(=O)C3COc4ccccc4O3)cc2)c1. The van der Waals surface area contributed by atoms with Crippen LogP contribution in [0.4, 0.5) is 11.4 Å². The third-order valence-electron chi connectivity index (χ3n) is 4.50. The van der Waals surface area contributed by atoms with Crippen molar-refractivity contribution < 1.29 is 22.7 Å². The van der Waals surface area contributed by atoms with Gasteiger partial charge in [-0.15, -0.1) is 0 Å². The van der Waals surface area contributed by atoms with Gasteiger partial charge in [-0.3, -0.25) is 9.52 Å². The molecule has 1 heterocycles. The fraction of sp³-hybridized carbons (Fsp3) is 0.136. The van der Waals surface area contributed by atoms with Crippen LogP contribution in [0.3, 0.4) is 0 Å². The van der Waals surface area contributed by atoms with E-state index in [1.54, 1.807) is 36.4 Å². The number of hydrogen-bond donors (Lipinski definition) is 2. The summed E-state index contributed by atoms with van der Waals surface area (Å²) < 4.78 is 38.9.